The molecule has 2 rings (SSSR count). The summed E-state index contributed by atoms with van der Waals surface area (Å²) in [6, 6.07) is 0. The van der Waals surface area contributed by atoms with Crippen LogP contribution >= 0.6 is 0 Å². The number of rotatable bonds is 5. The number of ketones is 1. The van der Waals surface area contributed by atoms with Crippen molar-refractivity contribution in [3.05, 3.63) is 0 Å². The molecule has 1 saturated carbocycles. The molecule has 0 radical (unpaired) electrons. The summed E-state index contributed by atoms with van der Waals surface area (Å²) in [5, 5.41) is 0. The second kappa shape index (κ2) is 5.99. The molecular weight excluding hydrogens is 212 g/mol. The molecule has 2 heteroatoms. The molecule has 0 aromatic carbocycles. The quantitative estimate of drug-likeness (QED) is 0.679. The van der Waals surface area contributed by atoms with Crippen LogP contribution in [0.5, 0.6) is 0 Å². The third-order valence-electron chi connectivity index (χ3n) is 4.49. The van der Waals surface area contributed by atoms with Crippen LogP contribution < -0.4 is 0 Å². The highest BCUT2D eigenvalue weighted by Gasteiger charge is 2.41. The first kappa shape index (κ1) is 13.1. The van der Waals surface area contributed by atoms with Gasteiger partial charge in [0, 0.05) is 18.9 Å². The summed E-state index contributed by atoms with van der Waals surface area (Å²) >= 11 is 0. The van der Waals surface area contributed by atoms with Gasteiger partial charge in [0.05, 0.1) is 5.60 Å². The smallest absolute Gasteiger partial charge is 0.136 e. The Morgan fingerprint density at radius 2 is 2.06 bits per heavy atom. The number of hydrogen-bond donors (Lipinski definition) is 0. The predicted molar refractivity (Wildman–Crippen MR) is 69.0 cm³/mol. The van der Waals surface area contributed by atoms with Gasteiger partial charge in [-0.15, -0.1) is 0 Å². The lowest BCUT2D eigenvalue weighted by molar-refractivity contribution is -0.136. The molecule has 1 heterocycles. The average molecular weight is 238 g/mol. The fourth-order valence-corrected chi connectivity index (χ4v) is 3.42. The van der Waals surface area contributed by atoms with Gasteiger partial charge in [-0.25, -0.2) is 0 Å². The molecule has 2 fully saturated rings. The molecule has 1 saturated heterocycles. The van der Waals surface area contributed by atoms with Crippen LogP contribution in [0.25, 0.3) is 0 Å². The zero-order chi connectivity index (χ0) is 12.1. The monoisotopic (exact) mass is 238 g/mol. The predicted octanol–water partition coefficient (Wildman–Crippen LogP) is 3.88. The van der Waals surface area contributed by atoms with E-state index in [1.807, 2.05) is 0 Å². The molecule has 1 unspecified atom stereocenters. The largest absolute Gasteiger partial charge is 0.375 e. The van der Waals surface area contributed by atoms with Crippen molar-refractivity contribution >= 4 is 5.78 Å². The van der Waals surface area contributed by atoms with E-state index in [1.54, 1.807) is 0 Å². The summed E-state index contributed by atoms with van der Waals surface area (Å²) in [5.74, 6) is 0.812. The SMILES string of the molecule is CCCCCC(=O)C1CCOC2(CCCC2)C1. The van der Waals surface area contributed by atoms with E-state index in [0.717, 1.165) is 32.3 Å². The van der Waals surface area contributed by atoms with Crippen molar-refractivity contribution in [1.29, 1.82) is 0 Å². The Labute approximate surface area is 105 Å². The maximum atomic E-state index is 12.2. The molecule has 2 nitrogen and oxygen atoms in total. The molecule has 1 aliphatic carbocycles. The molecular formula is C15H26O2. The van der Waals surface area contributed by atoms with E-state index >= 15 is 0 Å². The summed E-state index contributed by atoms with van der Waals surface area (Å²) in [6.45, 7) is 3.00. The van der Waals surface area contributed by atoms with Crippen molar-refractivity contribution in [2.24, 2.45) is 5.92 Å². The van der Waals surface area contributed by atoms with Gasteiger partial charge in [0.1, 0.15) is 5.78 Å². The lowest BCUT2D eigenvalue weighted by Crippen LogP contribution is -2.39. The lowest BCUT2D eigenvalue weighted by atomic mass is 9.81. The van der Waals surface area contributed by atoms with Gasteiger partial charge in [0.2, 0.25) is 0 Å². The maximum Gasteiger partial charge on any atom is 0.136 e. The fraction of sp³-hybridized carbons (Fsp3) is 0.933. The highest BCUT2D eigenvalue weighted by Crippen LogP contribution is 2.42. The summed E-state index contributed by atoms with van der Waals surface area (Å²) in [4.78, 5) is 12.2. The van der Waals surface area contributed by atoms with E-state index in [-0.39, 0.29) is 5.60 Å². The van der Waals surface area contributed by atoms with Crippen LogP contribution in [0.4, 0.5) is 0 Å². The average Bonchev–Trinajstić information content (AvgIpc) is 2.77. The lowest BCUT2D eigenvalue weighted by Gasteiger charge is -2.37. The van der Waals surface area contributed by atoms with Gasteiger partial charge in [-0.1, -0.05) is 32.6 Å². The van der Waals surface area contributed by atoms with E-state index in [0.29, 0.717) is 11.7 Å². The third kappa shape index (κ3) is 3.31. The molecule has 98 valence electrons. The molecule has 0 bridgehead atoms. The van der Waals surface area contributed by atoms with Gasteiger partial charge in [-0.05, 0) is 32.1 Å². The second-order valence-corrected chi connectivity index (χ2v) is 5.85. The van der Waals surface area contributed by atoms with Crippen LogP contribution in [0.3, 0.4) is 0 Å². The highest BCUT2D eigenvalue weighted by atomic mass is 16.5. The molecule has 1 aliphatic heterocycles. The summed E-state index contributed by atoms with van der Waals surface area (Å²) < 4.78 is 5.98. The number of unbranched alkanes of at least 4 members (excludes halogenated alkanes) is 2. The van der Waals surface area contributed by atoms with Gasteiger partial charge in [0.25, 0.3) is 0 Å². The molecule has 0 amide bonds. The van der Waals surface area contributed by atoms with Crippen molar-refractivity contribution in [3.63, 3.8) is 0 Å². The third-order valence-corrected chi connectivity index (χ3v) is 4.49. The van der Waals surface area contributed by atoms with Crippen molar-refractivity contribution < 1.29 is 9.53 Å². The van der Waals surface area contributed by atoms with Crippen LogP contribution in [0.15, 0.2) is 0 Å². The Bertz CT molecular complexity index is 254. The molecule has 0 aromatic heterocycles. The standard InChI is InChI=1S/C15H26O2/c1-2-3-4-7-14(16)13-8-11-17-15(12-13)9-5-6-10-15/h13H,2-12H2,1H3. The molecule has 17 heavy (non-hydrogen) atoms. The molecule has 2 aliphatic rings. The Hall–Kier alpha value is -0.370. The number of carbonyl (C=O) groups is 1. The van der Waals surface area contributed by atoms with Crippen LogP contribution in [0.1, 0.15) is 71.1 Å². The first-order valence-electron chi connectivity index (χ1n) is 7.42. The Balaban J connectivity index is 1.82. The van der Waals surface area contributed by atoms with Crippen molar-refractivity contribution in [2.75, 3.05) is 6.61 Å². The molecule has 1 spiro atoms. The Morgan fingerprint density at radius 1 is 1.29 bits per heavy atom. The number of ether oxygens (including phenoxy) is 1. The van der Waals surface area contributed by atoms with Crippen molar-refractivity contribution in [1.82, 2.24) is 0 Å². The zero-order valence-corrected chi connectivity index (χ0v) is 11.2. The van der Waals surface area contributed by atoms with Crippen LogP contribution in [-0.2, 0) is 9.53 Å². The minimum absolute atomic E-state index is 0.101. The number of hydrogen-bond acceptors (Lipinski definition) is 2. The van der Waals surface area contributed by atoms with Crippen LogP contribution in [0.2, 0.25) is 0 Å². The fourth-order valence-electron chi connectivity index (χ4n) is 3.42. The minimum Gasteiger partial charge on any atom is -0.375 e. The number of Topliss-reactive ketones (excluding diaryl/α,β-unsaturated/α-hetero) is 1. The normalized spacial score (nSPS) is 27.5. The van der Waals surface area contributed by atoms with Crippen LogP contribution in [-0.4, -0.2) is 18.0 Å². The first-order valence-corrected chi connectivity index (χ1v) is 7.42. The second-order valence-electron chi connectivity index (χ2n) is 5.85. The molecule has 0 aromatic rings. The van der Waals surface area contributed by atoms with E-state index in [2.05, 4.69) is 6.92 Å². The summed E-state index contributed by atoms with van der Waals surface area (Å²) in [6.07, 6.45) is 11.2. The van der Waals surface area contributed by atoms with Crippen molar-refractivity contribution in [3.8, 4) is 0 Å². The van der Waals surface area contributed by atoms with Gasteiger partial charge >= 0.3 is 0 Å². The summed E-state index contributed by atoms with van der Waals surface area (Å²) in [7, 11) is 0. The Kier molecular flexibility index (Phi) is 4.61. The minimum atomic E-state index is 0.101. The van der Waals surface area contributed by atoms with E-state index in [4.69, 9.17) is 4.74 Å². The van der Waals surface area contributed by atoms with E-state index < -0.39 is 0 Å². The highest BCUT2D eigenvalue weighted by molar-refractivity contribution is 5.81. The molecule has 0 N–H and O–H groups in total. The van der Waals surface area contributed by atoms with Gasteiger partial charge in [-0.2, -0.15) is 0 Å². The zero-order valence-electron chi connectivity index (χ0n) is 11.2. The van der Waals surface area contributed by atoms with E-state index in [1.165, 1.54) is 38.5 Å². The van der Waals surface area contributed by atoms with Crippen molar-refractivity contribution in [2.45, 2.75) is 76.7 Å². The van der Waals surface area contributed by atoms with E-state index in [9.17, 15) is 4.79 Å². The van der Waals surface area contributed by atoms with Gasteiger partial charge in [-0.3, -0.25) is 4.79 Å². The van der Waals surface area contributed by atoms with Gasteiger partial charge < -0.3 is 4.74 Å². The summed E-state index contributed by atoms with van der Waals surface area (Å²) in [5.41, 5.74) is 0.101. The Morgan fingerprint density at radius 3 is 2.76 bits per heavy atom. The van der Waals surface area contributed by atoms with Crippen LogP contribution in [0, 0.1) is 5.92 Å². The first-order chi connectivity index (χ1) is 8.26. The van der Waals surface area contributed by atoms with Gasteiger partial charge in [0.15, 0.2) is 0 Å². The number of carbonyl (C=O) groups excluding carboxylic acids is 1. The maximum absolute atomic E-state index is 12.2. The molecule has 1 atom stereocenters. The topological polar surface area (TPSA) is 26.3 Å².